The van der Waals surface area contributed by atoms with Crippen molar-refractivity contribution in [3.63, 3.8) is 0 Å². The first kappa shape index (κ1) is 33.5. The molecule has 2 unspecified atom stereocenters. The van der Waals surface area contributed by atoms with Crippen molar-refractivity contribution in [2.24, 2.45) is 0 Å². The van der Waals surface area contributed by atoms with Gasteiger partial charge in [0.25, 0.3) is 0 Å². The highest BCUT2D eigenvalue weighted by molar-refractivity contribution is 5.91. The molecule has 5 aromatic rings. The number of hydrogen-bond donors (Lipinski definition) is 1. The third-order valence-electron chi connectivity index (χ3n) is 8.85. The molecule has 49 heavy (non-hydrogen) atoms. The second-order valence-corrected chi connectivity index (χ2v) is 11.9. The van der Waals surface area contributed by atoms with E-state index < -0.39 is 23.7 Å². The van der Waals surface area contributed by atoms with E-state index in [0.717, 1.165) is 22.3 Å². The van der Waals surface area contributed by atoms with E-state index in [-0.39, 0.29) is 25.5 Å². The van der Waals surface area contributed by atoms with Crippen LogP contribution in [-0.4, -0.2) is 61.4 Å². The maximum Gasteiger partial charge on any atom is 0.343 e. The van der Waals surface area contributed by atoms with Crippen molar-refractivity contribution in [2.45, 2.75) is 30.6 Å². The summed E-state index contributed by atoms with van der Waals surface area (Å²) in [6, 6.07) is 40.8. The van der Waals surface area contributed by atoms with Crippen LogP contribution in [0.5, 0.6) is 17.2 Å². The minimum absolute atomic E-state index is 0.113. The molecule has 0 spiro atoms. The molecule has 2 atom stereocenters. The topological polar surface area (TPSA) is 94.5 Å². The molecule has 0 saturated carbocycles. The minimum atomic E-state index is -1.14. The van der Waals surface area contributed by atoms with Gasteiger partial charge in [-0.05, 0) is 53.4 Å². The molecule has 1 amide bonds. The van der Waals surface area contributed by atoms with E-state index in [2.05, 4.69) is 0 Å². The Labute approximate surface area is 286 Å². The number of esters is 1. The van der Waals surface area contributed by atoms with Crippen LogP contribution in [0, 0.1) is 0 Å². The number of methoxy groups -OCH3 is 2. The Balaban J connectivity index is 1.26. The van der Waals surface area contributed by atoms with Crippen molar-refractivity contribution in [1.82, 2.24) is 4.90 Å². The highest BCUT2D eigenvalue weighted by Gasteiger charge is 2.43. The lowest BCUT2D eigenvalue weighted by Gasteiger charge is -2.38. The van der Waals surface area contributed by atoms with E-state index in [0.29, 0.717) is 29.2 Å². The van der Waals surface area contributed by atoms with Gasteiger partial charge in [-0.15, -0.1) is 0 Å². The van der Waals surface area contributed by atoms with Crippen LogP contribution in [0.2, 0.25) is 0 Å². The normalized spacial score (nSPS) is 15.9. The Morgan fingerprint density at radius 2 is 1.37 bits per heavy atom. The molecule has 8 heteroatoms. The van der Waals surface area contributed by atoms with E-state index in [4.69, 9.17) is 18.9 Å². The van der Waals surface area contributed by atoms with Crippen molar-refractivity contribution < 1.29 is 33.6 Å². The van der Waals surface area contributed by atoms with Crippen molar-refractivity contribution in [2.75, 3.05) is 27.4 Å². The fraction of sp³-hybridized carbons (Fsp3) is 0.220. The number of hydrogen-bond acceptors (Lipinski definition) is 7. The molecular formula is C41H39NO7. The number of aliphatic hydroxyl groups excluding tert-OH is 1. The van der Waals surface area contributed by atoms with Gasteiger partial charge in [0.2, 0.25) is 5.91 Å². The molecule has 1 heterocycles. The lowest BCUT2D eigenvalue weighted by atomic mass is 9.79. The van der Waals surface area contributed by atoms with Gasteiger partial charge in [-0.3, -0.25) is 4.79 Å². The van der Waals surface area contributed by atoms with Gasteiger partial charge in [-0.1, -0.05) is 103 Å². The van der Waals surface area contributed by atoms with E-state index in [1.165, 1.54) is 0 Å². The lowest BCUT2D eigenvalue weighted by Crippen LogP contribution is -2.43. The van der Waals surface area contributed by atoms with Crippen LogP contribution in [0.15, 0.2) is 133 Å². The summed E-state index contributed by atoms with van der Waals surface area (Å²) in [5, 5.41) is 10.8. The number of rotatable bonds is 12. The fourth-order valence-electron chi connectivity index (χ4n) is 6.50. The lowest BCUT2D eigenvalue weighted by molar-refractivity contribution is -0.133. The Bertz CT molecular complexity index is 1810. The maximum absolute atomic E-state index is 13.8. The van der Waals surface area contributed by atoms with Crippen LogP contribution in [0.4, 0.5) is 0 Å². The highest BCUT2D eigenvalue weighted by Crippen LogP contribution is 2.47. The van der Waals surface area contributed by atoms with Crippen LogP contribution in [-0.2, 0) is 21.6 Å². The van der Waals surface area contributed by atoms with E-state index >= 15 is 0 Å². The third-order valence-corrected chi connectivity index (χ3v) is 8.85. The van der Waals surface area contributed by atoms with Crippen molar-refractivity contribution in [1.29, 1.82) is 0 Å². The van der Waals surface area contributed by atoms with Crippen molar-refractivity contribution >= 4 is 11.9 Å². The molecule has 6 rings (SSSR count). The predicted octanol–water partition coefficient (Wildman–Crippen LogP) is 6.44. The van der Waals surface area contributed by atoms with Crippen molar-refractivity contribution in [3.05, 3.63) is 161 Å². The molecule has 8 nitrogen and oxygen atoms in total. The maximum atomic E-state index is 13.8. The smallest absolute Gasteiger partial charge is 0.343 e. The van der Waals surface area contributed by atoms with Gasteiger partial charge in [0.05, 0.1) is 45.0 Å². The van der Waals surface area contributed by atoms with Crippen molar-refractivity contribution in [3.8, 4) is 17.2 Å². The molecule has 0 aromatic heterocycles. The standard InChI is InChI=1S/C41H39NO7/c1-46-37-20-12-19-36(39(37)47-2)41(31-15-8-4-9-16-31,32-17-10-5-11-18-32)48-28-33-26-34(43)27-42(33)38(44)25-29-21-23-35(24-22-29)49-40(45)30-13-6-3-7-14-30/h3-24,33-34,43H,25-28H2,1-2H3. The number of ether oxygens (including phenoxy) is 4. The average Bonchev–Trinajstić information content (AvgIpc) is 3.54. The highest BCUT2D eigenvalue weighted by atomic mass is 16.5. The number of likely N-dealkylation sites (tertiary alicyclic amines) is 1. The number of amides is 1. The number of carbonyl (C=O) groups excluding carboxylic acids is 2. The summed E-state index contributed by atoms with van der Waals surface area (Å²) >= 11 is 0. The summed E-state index contributed by atoms with van der Waals surface area (Å²) in [6.45, 7) is 0.340. The monoisotopic (exact) mass is 657 g/mol. The molecule has 1 aliphatic heterocycles. The zero-order valence-electron chi connectivity index (χ0n) is 27.5. The van der Waals surface area contributed by atoms with Gasteiger partial charge < -0.3 is 29.0 Å². The summed E-state index contributed by atoms with van der Waals surface area (Å²) in [7, 11) is 3.21. The van der Waals surface area contributed by atoms with Crippen LogP contribution < -0.4 is 14.2 Å². The van der Waals surface area contributed by atoms with Gasteiger partial charge in [0.1, 0.15) is 11.4 Å². The Morgan fingerprint density at radius 1 is 0.755 bits per heavy atom. The quantitative estimate of drug-likeness (QED) is 0.0938. The van der Waals surface area contributed by atoms with E-state index in [9.17, 15) is 14.7 Å². The molecule has 1 fully saturated rings. The number of benzene rings is 5. The van der Waals surface area contributed by atoms with Gasteiger partial charge in [0.15, 0.2) is 11.5 Å². The van der Waals surface area contributed by atoms with Crippen LogP contribution >= 0.6 is 0 Å². The first-order valence-corrected chi connectivity index (χ1v) is 16.2. The van der Waals surface area contributed by atoms with Crippen LogP contribution in [0.3, 0.4) is 0 Å². The summed E-state index contributed by atoms with van der Waals surface area (Å²) in [5.74, 6) is 0.901. The molecule has 5 aromatic carbocycles. The van der Waals surface area contributed by atoms with E-state index in [1.807, 2.05) is 84.9 Å². The van der Waals surface area contributed by atoms with Gasteiger partial charge in [-0.2, -0.15) is 0 Å². The molecule has 0 bridgehead atoms. The summed E-state index contributed by atoms with van der Waals surface area (Å²) in [5.41, 5.74) is 2.56. The Kier molecular flexibility index (Phi) is 10.4. The Hall–Kier alpha value is -5.44. The number of nitrogens with zero attached hydrogens (tertiary/aromatic N) is 1. The second kappa shape index (κ2) is 15.2. The second-order valence-electron chi connectivity index (χ2n) is 11.9. The van der Waals surface area contributed by atoms with Gasteiger partial charge >= 0.3 is 5.97 Å². The van der Waals surface area contributed by atoms with Gasteiger partial charge in [-0.25, -0.2) is 4.79 Å². The number of aliphatic hydroxyl groups is 1. The predicted molar refractivity (Wildman–Crippen MR) is 186 cm³/mol. The average molecular weight is 658 g/mol. The fourth-order valence-corrected chi connectivity index (χ4v) is 6.50. The van der Waals surface area contributed by atoms with Gasteiger partial charge in [0, 0.05) is 12.1 Å². The van der Waals surface area contributed by atoms with Crippen LogP contribution in [0.25, 0.3) is 0 Å². The number of para-hydroxylation sites is 1. The van der Waals surface area contributed by atoms with E-state index in [1.54, 1.807) is 67.7 Å². The molecule has 1 N–H and O–H groups in total. The molecule has 0 radical (unpaired) electrons. The molecule has 0 aliphatic carbocycles. The number of β-amino-alcohol motifs (C(OH)–C–C–N with tert-alkyl or cyclic N) is 1. The van der Waals surface area contributed by atoms with Crippen LogP contribution in [0.1, 0.15) is 39.0 Å². The minimum Gasteiger partial charge on any atom is -0.493 e. The number of carbonyl (C=O) groups is 2. The zero-order valence-corrected chi connectivity index (χ0v) is 27.5. The first-order chi connectivity index (χ1) is 23.9. The summed E-state index contributed by atoms with van der Waals surface area (Å²) < 4.78 is 24.2. The molecule has 250 valence electrons. The largest absolute Gasteiger partial charge is 0.493 e. The summed E-state index contributed by atoms with van der Waals surface area (Å²) in [4.78, 5) is 27.9. The third kappa shape index (κ3) is 7.21. The zero-order chi connectivity index (χ0) is 34.2. The Morgan fingerprint density at radius 3 is 1.96 bits per heavy atom. The molecular weight excluding hydrogens is 618 g/mol. The first-order valence-electron chi connectivity index (χ1n) is 16.2. The SMILES string of the molecule is COc1cccc(C(OCC2CC(O)CN2C(=O)Cc2ccc(OC(=O)c3ccccc3)cc2)(c2ccccc2)c2ccccc2)c1OC. The molecule has 1 aliphatic rings. The molecule has 1 saturated heterocycles. The summed E-state index contributed by atoms with van der Waals surface area (Å²) in [6.07, 6.45) is -0.205.